The lowest BCUT2D eigenvalue weighted by Gasteiger charge is -2.16. The molecular weight excluding hydrogens is 196 g/mol. The molecule has 0 aliphatic rings. The first-order valence-corrected chi connectivity index (χ1v) is 8.78. The molecule has 0 spiro atoms. The molecule has 3 heteroatoms. The normalized spacial score (nSPS) is 14.5. The highest BCUT2D eigenvalue weighted by atomic mass is 32.1. The van der Waals surface area contributed by atoms with Gasteiger partial charge in [0, 0.05) is 4.88 Å². The topological polar surface area (TPSA) is 20.2 Å². The second kappa shape index (κ2) is 4.40. The predicted molar refractivity (Wildman–Crippen MR) is 61.9 cm³/mol. The van der Waals surface area contributed by atoms with Crippen LogP contribution in [0.1, 0.15) is 24.1 Å². The molecule has 1 rings (SSSR count). The molecule has 0 saturated carbocycles. The summed E-state index contributed by atoms with van der Waals surface area (Å²) in [5.41, 5.74) is 0. The van der Waals surface area contributed by atoms with Crippen LogP contribution in [-0.4, -0.2) is 13.1 Å². The highest BCUT2D eigenvalue weighted by molar-refractivity contribution is 7.10. The van der Waals surface area contributed by atoms with Crippen LogP contribution in [0.25, 0.3) is 0 Å². The molecule has 1 heterocycles. The van der Waals surface area contributed by atoms with E-state index in [0.29, 0.717) is 5.92 Å². The summed E-state index contributed by atoms with van der Waals surface area (Å²) in [4.78, 5) is 11.1. The molecule has 0 saturated heterocycles. The van der Waals surface area contributed by atoms with Crippen molar-refractivity contribution in [2.45, 2.75) is 38.4 Å². The minimum Gasteiger partial charge on any atom is -0.432 e. The second-order valence-corrected chi connectivity index (χ2v) is 9.37. The van der Waals surface area contributed by atoms with Crippen molar-refractivity contribution in [1.29, 1.82) is 0 Å². The summed E-state index contributed by atoms with van der Waals surface area (Å²) >= 11 is 1.82. The van der Waals surface area contributed by atoms with E-state index in [1.54, 1.807) is 0 Å². The first-order valence-electron chi connectivity index (χ1n) is 4.75. The van der Waals surface area contributed by atoms with Crippen LogP contribution in [0.2, 0.25) is 19.1 Å². The summed E-state index contributed by atoms with van der Waals surface area (Å²) in [5.74, 6) is 0.610. The van der Waals surface area contributed by atoms with Crippen LogP contribution in [0.5, 0.6) is 0 Å². The van der Waals surface area contributed by atoms with E-state index in [0.717, 1.165) is 12.5 Å². The summed E-state index contributed by atoms with van der Waals surface area (Å²) in [6.45, 7) is 6.26. The highest BCUT2D eigenvalue weighted by Gasteiger charge is 2.18. The fraction of sp³-hybridized carbons (Fsp3) is 0.600. The first-order chi connectivity index (χ1) is 5.99. The van der Waals surface area contributed by atoms with Crippen LogP contribution in [-0.2, 0) is 0 Å². The van der Waals surface area contributed by atoms with Crippen LogP contribution in [0, 0.1) is 0 Å². The van der Waals surface area contributed by atoms with E-state index < -0.39 is 8.32 Å². The average molecular weight is 214 g/mol. The minimum absolute atomic E-state index is 0.610. The Kier molecular flexibility index (Phi) is 3.70. The van der Waals surface area contributed by atoms with Gasteiger partial charge in [-0.2, -0.15) is 0 Å². The predicted octanol–water partition coefficient (Wildman–Crippen LogP) is 3.44. The van der Waals surface area contributed by atoms with Crippen LogP contribution in [0.4, 0.5) is 0 Å². The van der Waals surface area contributed by atoms with Gasteiger partial charge in [-0.1, -0.05) is 13.0 Å². The number of hydrogen-bond donors (Lipinski definition) is 1. The van der Waals surface area contributed by atoms with Crippen molar-refractivity contribution in [3.8, 4) is 0 Å². The maximum atomic E-state index is 9.71. The molecule has 1 atom stereocenters. The monoisotopic (exact) mass is 214 g/mol. The average Bonchev–Trinajstić information content (AvgIpc) is 2.50. The van der Waals surface area contributed by atoms with E-state index in [9.17, 15) is 4.80 Å². The zero-order valence-corrected chi connectivity index (χ0v) is 10.4. The smallest absolute Gasteiger partial charge is 0.182 e. The van der Waals surface area contributed by atoms with Gasteiger partial charge in [-0.3, -0.25) is 0 Å². The molecule has 74 valence electrons. The summed E-state index contributed by atoms with van der Waals surface area (Å²) in [6.07, 6.45) is 1.12. The van der Waals surface area contributed by atoms with Gasteiger partial charge in [0.05, 0.1) is 0 Å². The molecule has 0 aliphatic carbocycles. The molecule has 1 N–H and O–H groups in total. The number of rotatable bonds is 4. The summed E-state index contributed by atoms with van der Waals surface area (Å²) in [5, 5.41) is 2.12. The van der Waals surface area contributed by atoms with Gasteiger partial charge in [0.1, 0.15) is 0 Å². The summed E-state index contributed by atoms with van der Waals surface area (Å²) < 4.78 is 0. The maximum absolute atomic E-state index is 9.71. The fourth-order valence-corrected chi connectivity index (χ4v) is 3.24. The van der Waals surface area contributed by atoms with Gasteiger partial charge in [0.2, 0.25) is 0 Å². The quantitative estimate of drug-likeness (QED) is 0.761. The molecule has 1 unspecified atom stereocenters. The Morgan fingerprint density at radius 2 is 2.23 bits per heavy atom. The highest BCUT2D eigenvalue weighted by Crippen LogP contribution is 2.26. The van der Waals surface area contributed by atoms with Crippen molar-refractivity contribution in [1.82, 2.24) is 0 Å². The zero-order valence-electron chi connectivity index (χ0n) is 8.58. The fourth-order valence-electron chi connectivity index (χ4n) is 1.28. The van der Waals surface area contributed by atoms with E-state index in [1.165, 1.54) is 4.88 Å². The van der Waals surface area contributed by atoms with Crippen molar-refractivity contribution < 1.29 is 4.80 Å². The van der Waals surface area contributed by atoms with E-state index >= 15 is 0 Å². The Morgan fingerprint density at radius 1 is 1.54 bits per heavy atom. The lowest BCUT2D eigenvalue weighted by atomic mass is 10.1. The maximum Gasteiger partial charge on any atom is 0.182 e. The third-order valence-electron chi connectivity index (χ3n) is 2.22. The Bertz CT molecular complexity index is 238. The van der Waals surface area contributed by atoms with Gasteiger partial charge < -0.3 is 4.80 Å². The lowest BCUT2D eigenvalue weighted by molar-refractivity contribution is 0.538. The molecule has 0 aliphatic heterocycles. The molecule has 1 aromatic rings. The van der Waals surface area contributed by atoms with Gasteiger partial charge >= 0.3 is 0 Å². The van der Waals surface area contributed by atoms with E-state index in [-0.39, 0.29) is 0 Å². The molecular formula is C10H18OSSi. The van der Waals surface area contributed by atoms with Crippen LogP contribution in [0.3, 0.4) is 0 Å². The Balaban J connectivity index is 2.39. The first kappa shape index (κ1) is 11.0. The summed E-state index contributed by atoms with van der Waals surface area (Å²) in [7, 11) is -1.83. The number of hydrogen-bond acceptors (Lipinski definition) is 2. The lowest BCUT2D eigenvalue weighted by Crippen LogP contribution is -2.24. The van der Waals surface area contributed by atoms with Gasteiger partial charge in [-0.25, -0.2) is 0 Å². The Labute approximate surface area is 85.6 Å². The largest absolute Gasteiger partial charge is 0.432 e. The molecule has 0 amide bonds. The standard InChI is InChI=1S/C10H18OSSi/c1-9(6-8-13(2,3)11)10-5-4-7-12-10/h4-5,7,9,11H,6,8H2,1-3H3. The van der Waals surface area contributed by atoms with Gasteiger partial charge in [0.25, 0.3) is 0 Å². The minimum atomic E-state index is -1.83. The third kappa shape index (κ3) is 4.07. The summed E-state index contributed by atoms with van der Waals surface area (Å²) in [6, 6.07) is 5.28. The van der Waals surface area contributed by atoms with Crippen molar-refractivity contribution in [3.05, 3.63) is 22.4 Å². The molecule has 13 heavy (non-hydrogen) atoms. The molecule has 0 radical (unpaired) electrons. The zero-order chi connectivity index (χ0) is 9.90. The van der Waals surface area contributed by atoms with E-state index in [1.807, 2.05) is 24.4 Å². The van der Waals surface area contributed by atoms with E-state index in [2.05, 4.69) is 24.4 Å². The van der Waals surface area contributed by atoms with Gasteiger partial charge in [0.15, 0.2) is 8.32 Å². The van der Waals surface area contributed by atoms with E-state index in [4.69, 9.17) is 0 Å². The molecule has 0 bridgehead atoms. The molecule has 1 nitrogen and oxygen atoms in total. The molecule has 1 aromatic heterocycles. The Hall–Kier alpha value is -0.123. The van der Waals surface area contributed by atoms with Gasteiger partial charge in [-0.05, 0) is 42.9 Å². The van der Waals surface area contributed by atoms with Crippen LogP contribution < -0.4 is 0 Å². The SMILES string of the molecule is CC(CC[Si](C)(C)O)c1cccs1. The second-order valence-electron chi connectivity index (χ2n) is 4.27. The van der Waals surface area contributed by atoms with Crippen LogP contribution >= 0.6 is 11.3 Å². The van der Waals surface area contributed by atoms with Crippen molar-refractivity contribution in [3.63, 3.8) is 0 Å². The van der Waals surface area contributed by atoms with Crippen molar-refractivity contribution in [2.24, 2.45) is 0 Å². The number of thiophene rings is 1. The van der Waals surface area contributed by atoms with Crippen molar-refractivity contribution >= 4 is 19.7 Å². The van der Waals surface area contributed by atoms with Crippen molar-refractivity contribution in [2.75, 3.05) is 0 Å². The van der Waals surface area contributed by atoms with Crippen LogP contribution in [0.15, 0.2) is 17.5 Å². The Morgan fingerprint density at radius 3 is 2.69 bits per heavy atom. The molecule has 0 fully saturated rings. The third-order valence-corrected chi connectivity index (χ3v) is 4.83. The molecule has 0 aromatic carbocycles. The van der Waals surface area contributed by atoms with Gasteiger partial charge in [-0.15, -0.1) is 11.3 Å².